The highest BCUT2D eigenvalue weighted by Crippen LogP contribution is 2.35. The van der Waals surface area contributed by atoms with Gasteiger partial charge in [0.25, 0.3) is 0 Å². The van der Waals surface area contributed by atoms with Crippen LogP contribution >= 0.6 is 0 Å². The van der Waals surface area contributed by atoms with Gasteiger partial charge < -0.3 is 30.1 Å². The van der Waals surface area contributed by atoms with Gasteiger partial charge in [-0.3, -0.25) is 9.59 Å². The Balaban J connectivity index is 1.91. The first kappa shape index (κ1) is 31.4. The van der Waals surface area contributed by atoms with E-state index in [1.54, 1.807) is 53.7 Å². The first-order valence-electron chi connectivity index (χ1n) is 13.8. The maximum absolute atomic E-state index is 14.0. The largest absolute Gasteiger partial charge is 0.508 e. The zero-order valence-electron chi connectivity index (χ0n) is 24.6. The molecule has 0 bridgehead atoms. The number of amides is 3. The highest BCUT2D eigenvalue weighted by atomic mass is 16.6. The fraction of sp³-hybridized carbons (Fsp3) is 0.484. The summed E-state index contributed by atoms with van der Waals surface area (Å²) in [4.78, 5) is 54.4. The molecule has 0 saturated heterocycles. The quantitative estimate of drug-likeness (QED) is 0.369. The van der Waals surface area contributed by atoms with Crippen molar-refractivity contribution in [3.63, 3.8) is 0 Å². The number of nitrogens with zero attached hydrogens (tertiary/aromatic N) is 1. The molecule has 222 valence electrons. The van der Waals surface area contributed by atoms with Crippen LogP contribution < -0.4 is 10.6 Å². The van der Waals surface area contributed by atoms with Gasteiger partial charge in [-0.1, -0.05) is 42.5 Å². The molecule has 1 fully saturated rings. The van der Waals surface area contributed by atoms with Crippen LogP contribution in [0.5, 0.6) is 5.75 Å². The number of rotatable bonds is 10. The molecule has 0 aliphatic heterocycles. The van der Waals surface area contributed by atoms with E-state index in [9.17, 15) is 24.3 Å². The number of nitrogens with one attached hydrogen (secondary N) is 2. The second-order valence-electron chi connectivity index (χ2n) is 12.2. The van der Waals surface area contributed by atoms with E-state index in [-0.39, 0.29) is 24.8 Å². The van der Waals surface area contributed by atoms with Gasteiger partial charge in [-0.25, -0.2) is 9.59 Å². The van der Waals surface area contributed by atoms with Gasteiger partial charge in [0.05, 0.1) is 0 Å². The smallest absolute Gasteiger partial charge is 0.408 e. The van der Waals surface area contributed by atoms with Gasteiger partial charge in [0.2, 0.25) is 11.8 Å². The minimum Gasteiger partial charge on any atom is -0.508 e. The van der Waals surface area contributed by atoms with Gasteiger partial charge in [0, 0.05) is 12.5 Å². The summed E-state index contributed by atoms with van der Waals surface area (Å²) in [5.41, 5.74) is -0.258. The lowest BCUT2D eigenvalue weighted by Crippen LogP contribution is -2.52. The first-order valence-corrected chi connectivity index (χ1v) is 13.8. The molecule has 41 heavy (non-hydrogen) atoms. The molecule has 0 spiro atoms. The Labute approximate surface area is 241 Å². The third-order valence-electron chi connectivity index (χ3n) is 6.04. The maximum Gasteiger partial charge on any atom is 0.408 e. The number of ether oxygens (including phenoxy) is 2. The van der Waals surface area contributed by atoms with Gasteiger partial charge in [-0.2, -0.15) is 0 Å². The van der Waals surface area contributed by atoms with E-state index in [1.165, 1.54) is 17.0 Å². The van der Waals surface area contributed by atoms with Crippen molar-refractivity contribution in [2.45, 2.75) is 90.1 Å². The van der Waals surface area contributed by atoms with Gasteiger partial charge in [0.15, 0.2) is 0 Å². The number of aromatic hydroxyl groups is 1. The van der Waals surface area contributed by atoms with Crippen molar-refractivity contribution in [2.24, 2.45) is 0 Å². The number of hydrogen-bond acceptors (Lipinski definition) is 7. The third-order valence-corrected chi connectivity index (χ3v) is 6.04. The monoisotopic (exact) mass is 567 g/mol. The molecule has 1 aliphatic carbocycles. The fourth-order valence-electron chi connectivity index (χ4n) is 4.23. The summed E-state index contributed by atoms with van der Waals surface area (Å²) < 4.78 is 10.9. The molecule has 2 atom stereocenters. The summed E-state index contributed by atoms with van der Waals surface area (Å²) in [7, 11) is 0. The van der Waals surface area contributed by atoms with E-state index in [4.69, 9.17) is 9.47 Å². The van der Waals surface area contributed by atoms with Gasteiger partial charge in [-0.05, 0) is 77.6 Å². The molecule has 2 aromatic rings. The van der Waals surface area contributed by atoms with Crippen molar-refractivity contribution in [1.82, 2.24) is 15.5 Å². The van der Waals surface area contributed by atoms with Crippen LogP contribution in [0.1, 0.15) is 71.6 Å². The second kappa shape index (κ2) is 13.1. The molecule has 0 aromatic heterocycles. The summed E-state index contributed by atoms with van der Waals surface area (Å²) in [5.74, 6) is -1.67. The standard InChI is InChI=1S/C31H41N3O7/c1-30(2,3)40-28(38)24(18-20-10-8-7-9-11-20)33-27(37)26(21-12-16-23(35)17-13-21)34(22-14-15-22)25(36)19-32-29(39)41-31(4,5)6/h7-13,16-17,22,24,26,35H,14-15,18-19H2,1-6H3,(H,32,39)(H,33,37). The zero-order valence-corrected chi connectivity index (χ0v) is 24.6. The maximum atomic E-state index is 14.0. The lowest BCUT2D eigenvalue weighted by molar-refractivity contribution is -0.159. The van der Waals surface area contributed by atoms with Gasteiger partial charge in [-0.15, -0.1) is 0 Å². The van der Waals surface area contributed by atoms with Crippen LogP contribution in [0, 0.1) is 0 Å². The number of hydrogen-bond donors (Lipinski definition) is 3. The molecule has 0 radical (unpaired) electrons. The molecule has 2 unspecified atom stereocenters. The Morgan fingerprint density at radius 2 is 1.49 bits per heavy atom. The first-order chi connectivity index (χ1) is 19.1. The highest BCUT2D eigenvalue weighted by Gasteiger charge is 2.42. The Morgan fingerprint density at radius 1 is 0.902 bits per heavy atom. The summed E-state index contributed by atoms with van der Waals surface area (Å²) in [5, 5.41) is 15.2. The fourth-order valence-corrected chi connectivity index (χ4v) is 4.23. The Bertz CT molecular complexity index is 1210. The average Bonchev–Trinajstić information content (AvgIpc) is 3.70. The van der Waals surface area contributed by atoms with Gasteiger partial charge >= 0.3 is 12.1 Å². The summed E-state index contributed by atoms with van der Waals surface area (Å²) in [6.07, 6.45) is 0.792. The van der Waals surface area contributed by atoms with Crippen LogP contribution in [-0.2, 0) is 30.3 Å². The van der Waals surface area contributed by atoms with Crippen molar-refractivity contribution < 1.29 is 33.8 Å². The van der Waals surface area contributed by atoms with E-state index < -0.39 is 47.2 Å². The average molecular weight is 568 g/mol. The summed E-state index contributed by atoms with van der Waals surface area (Å²) >= 11 is 0. The van der Waals surface area contributed by atoms with E-state index in [0.717, 1.165) is 5.56 Å². The van der Waals surface area contributed by atoms with Crippen LogP contribution in [0.3, 0.4) is 0 Å². The minimum absolute atomic E-state index is 0.000455. The van der Waals surface area contributed by atoms with Crippen molar-refractivity contribution in [3.05, 3.63) is 65.7 Å². The third kappa shape index (κ3) is 10.1. The number of alkyl carbamates (subject to hydrolysis) is 1. The van der Waals surface area contributed by atoms with E-state index >= 15 is 0 Å². The summed E-state index contributed by atoms with van der Waals surface area (Å²) in [6.45, 7) is 10.0. The van der Waals surface area contributed by atoms with Crippen molar-refractivity contribution in [3.8, 4) is 5.75 Å². The molecule has 3 N–H and O–H groups in total. The topological polar surface area (TPSA) is 134 Å². The van der Waals surface area contributed by atoms with Gasteiger partial charge in [0.1, 0.15) is 35.6 Å². The number of esters is 1. The van der Waals surface area contributed by atoms with Crippen LogP contribution in [-0.4, -0.2) is 63.7 Å². The van der Waals surface area contributed by atoms with Crippen LogP contribution in [0.25, 0.3) is 0 Å². The van der Waals surface area contributed by atoms with Crippen molar-refractivity contribution >= 4 is 23.9 Å². The van der Waals surface area contributed by atoms with E-state index in [0.29, 0.717) is 18.4 Å². The predicted octanol–water partition coefficient (Wildman–Crippen LogP) is 4.02. The number of phenols is 1. The molecule has 3 amide bonds. The lowest BCUT2D eigenvalue weighted by atomic mass is 10.0. The molecule has 10 heteroatoms. The van der Waals surface area contributed by atoms with Crippen LogP contribution in [0.15, 0.2) is 54.6 Å². The normalized spacial score (nSPS) is 14.8. The highest BCUT2D eigenvalue weighted by molar-refractivity contribution is 5.93. The van der Waals surface area contributed by atoms with Crippen LogP contribution in [0.2, 0.25) is 0 Å². The number of carbonyl (C=O) groups excluding carboxylic acids is 4. The number of benzene rings is 2. The molecule has 1 aliphatic rings. The predicted molar refractivity (Wildman–Crippen MR) is 153 cm³/mol. The van der Waals surface area contributed by atoms with E-state index in [2.05, 4.69) is 10.6 Å². The molecular weight excluding hydrogens is 526 g/mol. The van der Waals surface area contributed by atoms with Crippen LogP contribution in [0.4, 0.5) is 4.79 Å². The SMILES string of the molecule is CC(C)(C)OC(=O)NCC(=O)N(C1CC1)C(C(=O)NC(Cc1ccccc1)C(=O)OC(C)(C)C)c1ccc(O)cc1. The molecule has 0 heterocycles. The number of phenolic OH excluding ortho intramolecular Hbond substituents is 1. The zero-order chi connectivity index (χ0) is 30.4. The molecule has 10 nitrogen and oxygen atoms in total. The summed E-state index contributed by atoms with van der Waals surface area (Å²) in [6, 6.07) is 12.8. The van der Waals surface area contributed by atoms with Crippen molar-refractivity contribution in [2.75, 3.05) is 6.54 Å². The second-order valence-corrected chi connectivity index (χ2v) is 12.2. The Hall–Kier alpha value is -4.08. The molecule has 1 saturated carbocycles. The molecular formula is C31H41N3O7. The Kier molecular flexibility index (Phi) is 10.0. The molecule has 2 aromatic carbocycles. The number of carbonyl (C=O) groups is 4. The van der Waals surface area contributed by atoms with E-state index in [1.807, 2.05) is 30.3 Å². The molecule has 3 rings (SSSR count). The lowest BCUT2D eigenvalue weighted by Gasteiger charge is -2.33. The Morgan fingerprint density at radius 3 is 2.02 bits per heavy atom. The van der Waals surface area contributed by atoms with Crippen molar-refractivity contribution in [1.29, 1.82) is 0 Å². The minimum atomic E-state index is -1.13.